The van der Waals surface area contributed by atoms with Crippen molar-refractivity contribution < 1.29 is 4.74 Å². The van der Waals surface area contributed by atoms with E-state index in [1.807, 2.05) is 0 Å². The number of ether oxygens (including phenoxy) is 1. The molecule has 0 radical (unpaired) electrons. The van der Waals surface area contributed by atoms with Crippen LogP contribution in [0.2, 0.25) is 0 Å². The molecule has 1 N–H and O–H groups in total. The van der Waals surface area contributed by atoms with Gasteiger partial charge in [-0.05, 0) is 39.5 Å². The van der Waals surface area contributed by atoms with Crippen molar-refractivity contribution in [3.63, 3.8) is 0 Å². The number of aryl methyl sites for hydroxylation is 1. The van der Waals surface area contributed by atoms with Gasteiger partial charge in [0.25, 0.3) is 0 Å². The minimum absolute atomic E-state index is 0.351. The molecule has 2 atom stereocenters. The van der Waals surface area contributed by atoms with Crippen LogP contribution in [0.5, 0.6) is 0 Å². The highest BCUT2D eigenvalue weighted by Gasteiger charge is 2.23. The van der Waals surface area contributed by atoms with Crippen LogP contribution >= 0.6 is 0 Å². The lowest BCUT2D eigenvalue weighted by atomic mass is 10.2. The van der Waals surface area contributed by atoms with E-state index in [2.05, 4.69) is 35.1 Å². The van der Waals surface area contributed by atoms with E-state index >= 15 is 0 Å². The Bertz CT molecular complexity index is 411. The summed E-state index contributed by atoms with van der Waals surface area (Å²) in [5.74, 6) is 0. The second-order valence-corrected chi connectivity index (χ2v) is 5.76. The van der Waals surface area contributed by atoms with Crippen molar-refractivity contribution in [3.8, 4) is 0 Å². The Morgan fingerprint density at radius 2 is 2.22 bits per heavy atom. The summed E-state index contributed by atoms with van der Waals surface area (Å²) in [6, 6.07) is 0.756. The van der Waals surface area contributed by atoms with E-state index in [9.17, 15) is 0 Å². The van der Waals surface area contributed by atoms with Gasteiger partial charge in [-0.3, -0.25) is 4.68 Å². The molecular formula is C14H23N3O. The molecule has 1 saturated heterocycles. The van der Waals surface area contributed by atoms with Gasteiger partial charge in [0, 0.05) is 24.3 Å². The van der Waals surface area contributed by atoms with Crippen LogP contribution in [0, 0.1) is 6.92 Å². The summed E-state index contributed by atoms with van der Waals surface area (Å²) in [6.07, 6.45) is 7.96. The Morgan fingerprint density at radius 3 is 2.89 bits per heavy atom. The van der Waals surface area contributed by atoms with Gasteiger partial charge in [0.2, 0.25) is 0 Å². The highest BCUT2D eigenvalue weighted by atomic mass is 16.5. The molecule has 2 aliphatic rings. The average molecular weight is 249 g/mol. The van der Waals surface area contributed by atoms with Gasteiger partial charge in [-0.2, -0.15) is 5.10 Å². The summed E-state index contributed by atoms with van der Waals surface area (Å²) < 4.78 is 7.90. The normalized spacial score (nSPS) is 27.9. The molecule has 2 heterocycles. The minimum Gasteiger partial charge on any atom is -0.373 e. The molecule has 1 saturated carbocycles. The molecule has 1 aliphatic heterocycles. The molecule has 2 unspecified atom stereocenters. The monoisotopic (exact) mass is 249 g/mol. The number of aromatic nitrogens is 2. The van der Waals surface area contributed by atoms with Crippen molar-refractivity contribution in [2.24, 2.45) is 0 Å². The Kier molecular flexibility index (Phi) is 3.39. The summed E-state index contributed by atoms with van der Waals surface area (Å²) in [6.45, 7) is 6.10. The molecule has 0 amide bonds. The number of hydrogen-bond acceptors (Lipinski definition) is 3. The molecule has 0 spiro atoms. The maximum Gasteiger partial charge on any atom is 0.0775 e. The highest BCUT2D eigenvalue weighted by Crippen LogP contribution is 2.21. The zero-order valence-electron chi connectivity index (χ0n) is 11.4. The molecule has 1 aliphatic carbocycles. The Labute approximate surface area is 109 Å². The Morgan fingerprint density at radius 1 is 1.39 bits per heavy atom. The summed E-state index contributed by atoms with van der Waals surface area (Å²) in [5, 5.41) is 8.14. The molecule has 2 fully saturated rings. The zero-order valence-corrected chi connectivity index (χ0v) is 11.4. The van der Waals surface area contributed by atoms with Crippen molar-refractivity contribution in [1.82, 2.24) is 15.1 Å². The molecule has 100 valence electrons. The summed E-state index contributed by atoms with van der Waals surface area (Å²) >= 11 is 0. The van der Waals surface area contributed by atoms with Crippen molar-refractivity contribution in [2.45, 2.75) is 70.9 Å². The van der Waals surface area contributed by atoms with E-state index in [0.717, 1.165) is 31.2 Å². The van der Waals surface area contributed by atoms with Crippen molar-refractivity contribution in [2.75, 3.05) is 0 Å². The van der Waals surface area contributed by atoms with Gasteiger partial charge in [-0.1, -0.05) is 0 Å². The average Bonchev–Trinajstić information content (AvgIpc) is 2.98. The predicted octanol–water partition coefficient (Wildman–Crippen LogP) is 2.01. The number of rotatable bonds is 5. The van der Waals surface area contributed by atoms with Crippen molar-refractivity contribution in [3.05, 3.63) is 17.5 Å². The fraction of sp³-hybridized carbons (Fsp3) is 0.786. The van der Waals surface area contributed by atoms with Crippen LogP contribution in [0.25, 0.3) is 0 Å². The lowest BCUT2D eigenvalue weighted by Gasteiger charge is -2.10. The Balaban J connectivity index is 1.56. The predicted molar refractivity (Wildman–Crippen MR) is 70.4 cm³/mol. The van der Waals surface area contributed by atoms with Crippen LogP contribution in [-0.4, -0.2) is 28.0 Å². The largest absolute Gasteiger partial charge is 0.373 e. The molecule has 0 bridgehead atoms. The molecule has 3 rings (SSSR count). The van der Waals surface area contributed by atoms with E-state index in [-0.39, 0.29) is 0 Å². The molecular weight excluding hydrogens is 226 g/mol. The van der Waals surface area contributed by atoms with Crippen LogP contribution in [0.3, 0.4) is 0 Å². The van der Waals surface area contributed by atoms with Gasteiger partial charge < -0.3 is 10.1 Å². The van der Waals surface area contributed by atoms with E-state index in [0.29, 0.717) is 12.2 Å². The first-order valence-corrected chi connectivity index (χ1v) is 7.12. The highest BCUT2D eigenvalue weighted by molar-refractivity contribution is 5.15. The van der Waals surface area contributed by atoms with Crippen LogP contribution < -0.4 is 5.32 Å². The molecule has 0 aromatic carbocycles. The number of nitrogens with zero attached hydrogens (tertiary/aromatic N) is 2. The van der Waals surface area contributed by atoms with Crippen LogP contribution in [0.15, 0.2) is 6.20 Å². The third-order valence-electron chi connectivity index (χ3n) is 3.92. The van der Waals surface area contributed by atoms with E-state index < -0.39 is 0 Å². The molecule has 18 heavy (non-hydrogen) atoms. The summed E-state index contributed by atoms with van der Waals surface area (Å²) in [4.78, 5) is 0. The Hall–Kier alpha value is -0.870. The third-order valence-corrected chi connectivity index (χ3v) is 3.92. The van der Waals surface area contributed by atoms with Crippen LogP contribution in [0.4, 0.5) is 0 Å². The first-order chi connectivity index (χ1) is 8.70. The van der Waals surface area contributed by atoms with Gasteiger partial charge in [0.15, 0.2) is 0 Å². The lowest BCUT2D eigenvalue weighted by Crippen LogP contribution is -2.17. The lowest BCUT2D eigenvalue weighted by molar-refractivity contribution is 0.0436. The number of nitrogens with one attached hydrogen (secondary N) is 1. The smallest absolute Gasteiger partial charge is 0.0775 e. The maximum absolute atomic E-state index is 5.85. The first-order valence-electron chi connectivity index (χ1n) is 7.12. The standard InChI is InChI=1S/C14H23N3O/c1-10-3-6-14(18-10)9-17-8-12(11(2)16-17)7-15-13-4-5-13/h8,10,13-15H,3-7,9H2,1-2H3. The molecule has 1 aromatic heterocycles. The van der Waals surface area contributed by atoms with Crippen LogP contribution in [0.1, 0.15) is 43.9 Å². The quantitative estimate of drug-likeness (QED) is 0.867. The minimum atomic E-state index is 0.351. The van der Waals surface area contributed by atoms with E-state index in [1.165, 1.54) is 24.8 Å². The summed E-state index contributed by atoms with van der Waals surface area (Å²) in [7, 11) is 0. The SMILES string of the molecule is Cc1nn(CC2CCC(C)O2)cc1CNC1CC1. The molecule has 4 nitrogen and oxygen atoms in total. The van der Waals surface area contributed by atoms with Crippen molar-refractivity contribution in [1.29, 1.82) is 0 Å². The molecule has 4 heteroatoms. The van der Waals surface area contributed by atoms with Crippen LogP contribution in [-0.2, 0) is 17.8 Å². The fourth-order valence-corrected chi connectivity index (χ4v) is 2.60. The second kappa shape index (κ2) is 5.02. The maximum atomic E-state index is 5.85. The van der Waals surface area contributed by atoms with E-state index in [1.54, 1.807) is 0 Å². The fourth-order valence-electron chi connectivity index (χ4n) is 2.60. The van der Waals surface area contributed by atoms with Crippen molar-refractivity contribution >= 4 is 0 Å². The van der Waals surface area contributed by atoms with Gasteiger partial charge in [0.1, 0.15) is 0 Å². The van der Waals surface area contributed by atoms with Gasteiger partial charge in [0.05, 0.1) is 24.4 Å². The first kappa shape index (κ1) is 12.2. The number of hydrogen-bond donors (Lipinski definition) is 1. The van der Waals surface area contributed by atoms with Gasteiger partial charge in [-0.25, -0.2) is 0 Å². The van der Waals surface area contributed by atoms with E-state index in [4.69, 9.17) is 4.74 Å². The topological polar surface area (TPSA) is 39.1 Å². The van der Waals surface area contributed by atoms with Gasteiger partial charge in [-0.15, -0.1) is 0 Å². The second-order valence-electron chi connectivity index (χ2n) is 5.76. The third kappa shape index (κ3) is 2.93. The van der Waals surface area contributed by atoms with Gasteiger partial charge >= 0.3 is 0 Å². The molecule has 1 aromatic rings. The zero-order chi connectivity index (χ0) is 12.5. The summed E-state index contributed by atoms with van der Waals surface area (Å²) in [5.41, 5.74) is 2.47.